The molecule has 0 bridgehead atoms. The number of thiocarbonyl (C=S) groups is 1. The van der Waals surface area contributed by atoms with Gasteiger partial charge in [0, 0.05) is 22.2 Å². The van der Waals surface area contributed by atoms with Crippen molar-refractivity contribution in [2.24, 2.45) is 0 Å². The number of aliphatic hydroxyl groups is 2. The molecule has 0 saturated heterocycles. The highest BCUT2D eigenvalue weighted by molar-refractivity contribution is 7.81. The van der Waals surface area contributed by atoms with Crippen molar-refractivity contribution in [1.29, 1.82) is 0 Å². The van der Waals surface area contributed by atoms with E-state index < -0.39 is 5.82 Å². The van der Waals surface area contributed by atoms with Crippen LogP contribution in [0.5, 0.6) is 0 Å². The van der Waals surface area contributed by atoms with Crippen LogP contribution >= 0.6 is 23.8 Å². The quantitative estimate of drug-likeness (QED) is 0.247. The molecule has 0 aliphatic carbocycles. The van der Waals surface area contributed by atoms with Crippen molar-refractivity contribution in [2.75, 3.05) is 5.32 Å². The first-order valence-corrected chi connectivity index (χ1v) is 9.14. The molecule has 7 heteroatoms. The molecule has 0 radical (unpaired) electrons. The standard InChI is InChI=1S/C21H16ClFN2O2S/c22-16-9-7-15(8-10-16)20(27)19(25-11-3-4-14(12-25)13-26)21(28)24-18-6-2-1-5-17(18)23/h1-12,26H,13H2,(H-,24,27,28)/p+1. The molecule has 0 unspecified atom stereocenters. The molecular weight excluding hydrogens is 399 g/mol. The predicted molar refractivity (Wildman–Crippen MR) is 112 cm³/mol. The van der Waals surface area contributed by atoms with E-state index in [1.807, 2.05) is 0 Å². The minimum absolute atomic E-state index is 0.109. The Morgan fingerprint density at radius 1 is 1.07 bits per heavy atom. The van der Waals surface area contributed by atoms with Crippen LogP contribution in [0.3, 0.4) is 0 Å². The number of nitrogens with one attached hydrogen (secondary N) is 1. The average molecular weight is 416 g/mol. The maximum absolute atomic E-state index is 14.0. The van der Waals surface area contributed by atoms with Crippen molar-refractivity contribution < 1.29 is 19.2 Å². The summed E-state index contributed by atoms with van der Waals surface area (Å²) in [5.74, 6) is -0.588. The third kappa shape index (κ3) is 4.54. The second kappa shape index (κ2) is 8.93. The maximum atomic E-state index is 14.0. The largest absolute Gasteiger partial charge is 0.502 e. The molecule has 0 fully saturated rings. The molecule has 1 aromatic heterocycles. The second-order valence-electron chi connectivity index (χ2n) is 5.92. The highest BCUT2D eigenvalue weighted by atomic mass is 35.5. The number of halogens is 2. The Labute approximate surface area is 172 Å². The summed E-state index contributed by atoms with van der Waals surface area (Å²) in [6.45, 7) is -0.177. The van der Waals surface area contributed by atoms with Gasteiger partial charge in [-0.1, -0.05) is 36.0 Å². The van der Waals surface area contributed by atoms with Crippen molar-refractivity contribution in [3.63, 3.8) is 0 Å². The highest BCUT2D eigenvalue weighted by Crippen LogP contribution is 2.22. The third-order valence-corrected chi connectivity index (χ3v) is 4.53. The van der Waals surface area contributed by atoms with Gasteiger partial charge >= 0.3 is 0 Å². The van der Waals surface area contributed by atoms with E-state index in [4.69, 9.17) is 23.8 Å². The van der Waals surface area contributed by atoms with Gasteiger partial charge in [-0.15, -0.1) is 0 Å². The van der Waals surface area contributed by atoms with Gasteiger partial charge in [-0.25, -0.2) is 4.39 Å². The summed E-state index contributed by atoms with van der Waals surface area (Å²) in [7, 11) is 0. The number of aliphatic hydroxyl groups excluding tert-OH is 2. The molecule has 1 heterocycles. The van der Waals surface area contributed by atoms with E-state index in [0.29, 0.717) is 16.1 Å². The third-order valence-electron chi connectivity index (χ3n) is 3.98. The van der Waals surface area contributed by atoms with Gasteiger partial charge in [-0.3, -0.25) is 0 Å². The number of anilines is 1. The first kappa shape index (κ1) is 19.9. The Balaban J connectivity index is 2.10. The summed E-state index contributed by atoms with van der Waals surface area (Å²) >= 11 is 11.4. The van der Waals surface area contributed by atoms with E-state index in [9.17, 15) is 14.6 Å². The van der Waals surface area contributed by atoms with E-state index in [0.717, 1.165) is 0 Å². The van der Waals surface area contributed by atoms with Crippen LogP contribution in [0.15, 0.2) is 73.1 Å². The Morgan fingerprint density at radius 2 is 1.79 bits per heavy atom. The molecule has 3 aromatic rings. The zero-order chi connectivity index (χ0) is 20.1. The fourth-order valence-corrected chi connectivity index (χ4v) is 3.03. The number of para-hydroxylation sites is 1. The molecule has 2 aromatic carbocycles. The molecular formula is C21H17ClFN2O2S+. The lowest BCUT2D eigenvalue weighted by molar-refractivity contribution is -0.576. The smallest absolute Gasteiger partial charge is 0.288 e. The van der Waals surface area contributed by atoms with E-state index >= 15 is 0 Å². The monoisotopic (exact) mass is 415 g/mol. The highest BCUT2D eigenvalue weighted by Gasteiger charge is 2.25. The summed E-state index contributed by atoms with van der Waals surface area (Å²) in [5, 5.41) is 23.7. The lowest BCUT2D eigenvalue weighted by Crippen LogP contribution is -2.39. The summed E-state index contributed by atoms with van der Waals surface area (Å²) < 4.78 is 15.6. The topological polar surface area (TPSA) is 56.4 Å². The molecule has 0 spiro atoms. The fourth-order valence-electron chi connectivity index (χ4n) is 2.59. The summed E-state index contributed by atoms with van der Waals surface area (Å²) in [6.07, 6.45) is 3.31. The van der Waals surface area contributed by atoms with Crippen molar-refractivity contribution >= 4 is 46.0 Å². The van der Waals surface area contributed by atoms with Gasteiger partial charge in [0.05, 0.1) is 12.3 Å². The lowest BCUT2D eigenvalue weighted by atomic mass is 10.1. The Morgan fingerprint density at radius 3 is 2.46 bits per heavy atom. The van der Waals surface area contributed by atoms with Gasteiger partial charge < -0.3 is 15.5 Å². The Hall–Kier alpha value is -2.80. The molecule has 0 atom stereocenters. The van der Waals surface area contributed by atoms with Crippen LogP contribution in [-0.2, 0) is 6.61 Å². The van der Waals surface area contributed by atoms with Gasteiger partial charge in [0.2, 0.25) is 0 Å². The summed E-state index contributed by atoms with van der Waals surface area (Å²) in [6, 6.07) is 16.2. The number of benzene rings is 2. The summed E-state index contributed by atoms with van der Waals surface area (Å²) in [5.41, 5.74) is 1.53. The normalized spacial score (nSPS) is 11.7. The van der Waals surface area contributed by atoms with Crippen LogP contribution in [0.1, 0.15) is 11.1 Å². The van der Waals surface area contributed by atoms with E-state index in [1.54, 1.807) is 71.6 Å². The number of aromatic nitrogens is 1. The average Bonchev–Trinajstić information content (AvgIpc) is 2.70. The number of pyridine rings is 1. The SMILES string of the molecule is OCc1ccc[n+](/C(C(=S)Nc2ccccc2F)=C(\O)c2ccc(Cl)cc2)c1. The second-order valence-corrected chi connectivity index (χ2v) is 6.76. The Bertz CT molecular complexity index is 1040. The van der Waals surface area contributed by atoms with Gasteiger partial charge in [0.15, 0.2) is 23.1 Å². The molecule has 4 nitrogen and oxygen atoms in total. The van der Waals surface area contributed by atoms with Crippen LogP contribution in [0.4, 0.5) is 10.1 Å². The van der Waals surface area contributed by atoms with Crippen molar-refractivity contribution in [3.8, 4) is 0 Å². The molecule has 0 saturated carbocycles. The molecule has 3 rings (SSSR count). The molecule has 0 amide bonds. The molecule has 142 valence electrons. The first-order chi connectivity index (χ1) is 13.5. The van der Waals surface area contributed by atoms with Crippen molar-refractivity contribution in [3.05, 3.63) is 95.0 Å². The first-order valence-electron chi connectivity index (χ1n) is 8.36. The zero-order valence-corrected chi connectivity index (χ0v) is 16.2. The number of rotatable bonds is 5. The van der Waals surface area contributed by atoms with Crippen LogP contribution in [0.2, 0.25) is 5.02 Å². The van der Waals surface area contributed by atoms with Crippen molar-refractivity contribution in [1.82, 2.24) is 0 Å². The minimum atomic E-state index is -0.468. The predicted octanol–water partition coefficient (Wildman–Crippen LogP) is 4.58. The molecule has 28 heavy (non-hydrogen) atoms. The molecule has 3 N–H and O–H groups in total. The zero-order valence-electron chi connectivity index (χ0n) is 14.6. The van der Waals surface area contributed by atoms with Crippen LogP contribution in [-0.4, -0.2) is 15.2 Å². The molecule has 0 aliphatic rings. The molecule has 0 aliphatic heterocycles. The number of nitrogens with zero attached hydrogens (tertiary/aromatic N) is 1. The van der Waals surface area contributed by atoms with Gasteiger partial charge in [-0.05, 0) is 42.5 Å². The van der Waals surface area contributed by atoms with Gasteiger partial charge in [-0.2, -0.15) is 4.57 Å². The minimum Gasteiger partial charge on any atom is -0.502 e. The van der Waals surface area contributed by atoms with Crippen LogP contribution in [0, 0.1) is 5.82 Å². The Kier molecular flexibility index (Phi) is 6.36. The van der Waals surface area contributed by atoms with Crippen molar-refractivity contribution in [2.45, 2.75) is 6.61 Å². The van der Waals surface area contributed by atoms with Gasteiger partial charge in [0.25, 0.3) is 5.70 Å². The fraction of sp³-hybridized carbons (Fsp3) is 0.0476. The van der Waals surface area contributed by atoms with Gasteiger partial charge in [0.1, 0.15) is 5.82 Å². The van der Waals surface area contributed by atoms with Crippen LogP contribution in [0.25, 0.3) is 11.5 Å². The number of hydrogen-bond donors (Lipinski definition) is 3. The number of hydrogen-bond acceptors (Lipinski definition) is 3. The van der Waals surface area contributed by atoms with E-state index in [1.165, 1.54) is 6.07 Å². The van der Waals surface area contributed by atoms with E-state index in [2.05, 4.69) is 5.32 Å². The summed E-state index contributed by atoms with van der Waals surface area (Å²) in [4.78, 5) is 0.109. The maximum Gasteiger partial charge on any atom is 0.288 e. The van der Waals surface area contributed by atoms with Crippen LogP contribution < -0.4 is 9.88 Å². The van der Waals surface area contributed by atoms with E-state index in [-0.39, 0.29) is 28.7 Å². The lowest BCUT2D eigenvalue weighted by Gasteiger charge is -2.11.